The maximum atomic E-state index is 5.75. The van der Waals surface area contributed by atoms with Crippen LogP contribution in [0.2, 0.25) is 0 Å². The van der Waals surface area contributed by atoms with Crippen molar-refractivity contribution >= 4 is 11.0 Å². The Kier molecular flexibility index (Phi) is 3.99. The van der Waals surface area contributed by atoms with Gasteiger partial charge in [-0.2, -0.15) is 0 Å². The van der Waals surface area contributed by atoms with Gasteiger partial charge in [-0.05, 0) is 25.0 Å². The Morgan fingerprint density at radius 2 is 2.22 bits per heavy atom. The molecule has 0 aliphatic rings. The lowest BCUT2D eigenvalue weighted by atomic mass is 10.2. The van der Waals surface area contributed by atoms with Crippen LogP contribution >= 0.6 is 0 Å². The molecule has 1 aromatic carbocycles. The van der Waals surface area contributed by atoms with E-state index in [0.29, 0.717) is 6.54 Å². The minimum Gasteiger partial charge on any atom is -0.382 e. The maximum Gasteiger partial charge on any atom is 0.109 e. The third-order valence-corrected chi connectivity index (χ3v) is 3.48. The van der Waals surface area contributed by atoms with Gasteiger partial charge in [0.05, 0.1) is 17.1 Å². The van der Waals surface area contributed by atoms with Crippen molar-refractivity contribution in [2.45, 2.75) is 32.4 Å². The topological polar surface area (TPSA) is 53.1 Å². The number of methoxy groups -OCH3 is 1. The molecule has 0 aliphatic carbocycles. The number of aromatic nitrogens is 2. The molecule has 1 atom stereocenters. The molecule has 0 amide bonds. The van der Waals surface area contributed by atoms with Crippen LogP contribution in [0, 0.1) is 0 Å². The van der Waals surface area contributed by atoms with E-state index in [1.807, 2.05) is 12.1 Å². The smallest absolute Gasteiger partial charge is 0.109 e. The summed E-state index contributed by atoms with van der Waals surface area (Å²) in [6, 6.07) is 6.16. The van der Waals surface area contributed by atoms with Crippen molar-refractivity contribution in [3.63, 3.8) is 0 Å². The van der Waals surface area contributed by atoms with Gasteiger partial charge in [0.25, 0.3) is 0 Å². The molecular formula is C14H21N3O. The molecule has 1 heterocycles. The molecule has 4 heteroatoms. The molecule has 1 aromatic heterocycles. The van der Waals surface area contributed by atoms with Gasteiger partial charge in [-0.15, -0.1) is 0 Å². The van der Waals surface area contributed by atoms with E-state index in [1.165, 1.54) is 0 Å². The van der Waals surface area contributed by atoms with Gasteiger partial charge in [0.2, 0.25) is 0 Å². The second kappa shape index (κ2) is 5.50. The summed E-state index contributed by atoms with van der Waals surface area (Å²) >= 11 is 0. The first-order valence-electron chi connectivity index (χ1n) is 6.33. The summed E-state index contributed by atoms with van der Waals surface area (Å²) in [5.74, 6) is 1.09. The molecular weight excluding hydrogens is 226 g/mol. The van der Waals surface area contributed by atoms with E-state index in [-0.39, 0.29) is 6.10 Å². The predicted octanol–water partition coefficient (Wildman–Crippen LogP) is 2.00. The molecule has 2 aromatic rings. The second-order valence-electron chi connectivity index (χ2n) is 4.66. The van der Waals surface area contributed by atoms with E-state index in [1.54, 1.807) is 7.11 Å². The predicted molar refractivity (Wildman–Crippen MR) is 73.4 cm³/mol. The van der Waals surface area contributed by atoms with Crippen LogP contribution in [-0.2, 0) is 24.8 Å². The molecule has 0 saturated heterocycles. The van der Waals surface area contributed by atoms with E-state index < -0.39 is 0 Å². The van der Waals surface area contributed by atoms with Gasteiger partial charge in [-0.25, -0.2) is 4.98 Å². The zero-order chi connectivity index (χ0) is 13.1. The Morgan fingerprint density at radius 1 is 1.44 bits per heavy atom. The average Bonchev–Trinajstić information content (AvgIpc) is 2.73. The number of benzene rings is 1. The summed E-state index contributed by atoms with van der Waals surface area (Å²) in [5.41, 5.74) is 9.04. The lowest BCUT2D eigenvalue weighted by Gasteiger charge is -2.08. The number of hydrogen-bond donors (Lipinski definition) is 1. The van der Waals surface area contributed by atoms with Crippen LogP contribution in [-0.4, -0.2) is 22.8 Å². The Labute approximate surface area is 108 Å². The summed E-state index contributed by atoms with van der Waals surface area (Å²) in [6.07, 6.45) is 2.16. The first-order chi connectivity index (χ1) is 8.67. The minimum atomic E-state index is 0.263. The van der Waals surface area contributed by atoms with Crippen LogP contribution < -0.4 is 5.73 Å². The van der Waals surface area contributed by atoms with Gasteiger partial charge in [-0.3, -0.25) is 0 Å². The quantitative estimate of drug-likeness (QED) is 0.879. The van der Waals surface area contributed by atoms with Crippen LogP contribution in [0.4, 0.5) is 0 Å². The van der Waals surface area contributed by atoms with Crippen molar-refractivity contribution in [3.8, 4) is 0 Å². The molecule has 0 radical (unpaired) electrons. The number of ether oxygens (including phenoxy) is 1. The van der Waals surface area contributed by atoms with Crippen molar-refractivity contribution in [2.75, 3.05) is 7.11 Å². The molecule has 2 N–H and O–H groups in total. The third kappa shape index (κ3) is 2.40. The molecule has 0 fully saturated rings. The number of para-hydroxylation sites is 1. The molecule has 2 rings (SSSR count). The first kappa shape index (κ1) is 13.1. The lowest BCUT2D eigenvalue weighted by Crippen LogP contribution is -2.08. The van der Waals surface area contributed by atoms with Gasteiger partial charge in [0.15, 0.2) is 0 Å². The van der Waals surface area contributed by atoms with Crippen LogP contribution in [0.3, 0.4) is 0 Å². The Balaban J connectivity index is 2.32. The number of nitrogens with two attached hydrogens (primary N) is 1. The van der Waals surface area contributed by atoms with Crippen molar-refractivity contribution in [1.82, 2.24) is 9.55 Å². The SMILES string of the molecule is COC(C)CCc1nc2c(CN)cccc2n1C. The van der Waals surface area contributed by atoms with Crippen LogP contribution in [0.5, 0.6) is 0 Å². The molecule has 0 spiro atoms. The fraction of sp³-hybridized carbons (Fsp3) is 0.500. The number of imidazole rings is 1. The minimum absolute atomic E-state index is 0.263. The van der Waals surface area contributed by atoms with Gasteiger partial charge >= 0.3 is 0 Å². The Hall–Kier alpha value is -1.39. The largest absolute Gasteiger partial charge is 0.382 e. The second-order valence-corrected chi connectivity index (χ2v) is 4.66. The van der Waals surface area contributed by atoms with Gasteiger partial charge in [0, 0.05) is 27.1 Å². The number of nitrogens with zero attached hydrogens (tertiary/aromatic N) is 2. The average molecular weight is 247 g/mol. The van der Waals surface area contributed by atoms with E-state index >= 15 is 0 Å². The van der Waals surface area contributed by atoms with Crippen LogP contribution in [0.15, 0.2) is 18.2 Å². The van der Waals surface area contributed by atoms with Gasteiger partial charge in [-0.1, -0.05) is 12.1 Å². The Bertz CT molecular complexity index is 533. The lowest BCUT2D eigenvalue weighted by molar-refractivity contribution is 0.110. The highest BCUT2D eigenvalue weighted by Crippen LogP contribution is 2.20. The molecule has 0 aliphatic heterocycles. The summed E-state index contributed by atoms with van der Waals surface area (Å²) in [4.78, 5) is 4.72. The molecule has 98 valence electrons. The zero-order valence-corrected chi connectivity index (χ0v) is 11.3. The fourth-order valence-corrected chi connectivity index (χ4v) is 2.16. The monoisotopic (exact) mass is 247 g/mol. The van der Waals surface area contributed by atoms with Crippen molar-refractivity contribution in [2.24, 2.45) is 12.8 Å². The van der Waals surface area contributed by atoms with Crippen molar-refractivity contribution in [1.29, 1.82) is 0 Å². The summed E-state index contributed by atoms with van der Waals surface area (Å²) in [5, 5.41) is 0. The van der Waals surface area contributed by atoms with Crippen LogP contribution in [0.25, 0.3) is 11.0 Å². The highest BCUT2D eigenvalue weighted by Gasteiger charge is 2.11. The highest BCUT2D eigenvalue weighted by atomic mass is 16.5. The third-order valence-electron chi connectivity index (χ3n) is 3.48. The fourth-order valence-electron chi connectivity index (χ4n) is 2.16. The molecule has 0 bridgehead atoms. The number of hydrogen-bond acceptors (Lipinski definition) is 3. The van der Waals surface area contributed by atoms with E-state index in [4.69, 9.17) is 15.5 Å². The zero-order valence-electron chi connectivity index (χ0n) is 11.3. The normalized spacial score (nSPS) is 13.1. The molecule has 0 saturated carbocycles. The van der Waals surface area contributed by atoms with Gasteiger partial charge in [0.1, 0.15) is 5.82 Å². The van der Waals surface area contributed by atoms with E-state index in [9.17, 15) is 0 Å². The van der Waals surface area contributed by atoms with E-state index in [0.717, 1.165) is 35.3 Å². The maximum absolute atomic E-state index is 5.75. The summed E-state index contributed by atoms with van der Waals surface area (Å²) < 4.78 is 7.42. The number of fused-ring (bicyclic) bond motifs is 1. The molecule has 1 unspecified atom stereocenters. The van der Waals surface area contributed by atoms with Crippen molar-refractivity contribution < 1.29 is 4.74 Å². The van der Waals surface area contributed by atoms with Crippen LogP contribution in [0.1, 0.15) is 24.7 Å². The standard InChI is InChI=1S/C14H21N3O/c1-10(18-3)7-8-13-16-14-11(9-15)5-4-6-12(14)17(13)2/h4-6,10H,7-9,15H2,1-3H3. The summed E-state index contributed by atoms with van der Waals surface area (Å²) in [6.45, 7) is 2.61. The molecule has 18 heavy (non-hydrogen) atoms. The number of rotatable bonds is 5. The van der Waals surface area contributed by atoms with E-state index in [2.05, 4.69) is 24.6 Å². The first-order valence-corrected chi connectivity index (χ1v) is 6.33. The summed E-state index contributed by atoms with van der Waals surface area (Å²) in [7, 11) is 3.80. The Morgan fingerprint density at radius 3 is 2.89 bits per heavy atom. The number of aryl methyl sites for hydroxylation is 2. The van der Waals surface area contributed by atoms with Crippen molar-refractivity contribution in [3.05, 3.63) is 29.6 Å². The highest BCUT2D eigenvalue weighted by molar-refractivity contribution is 5.79. The van der Waals surface area contributed by atoms with Gasteiger partial charge < -0.3 is 15.0 Å². The molecule has 4 nitrogen and oxygen atoms in total.